The fourth-order valence-electron chi connectivity index (χ4n) is 4.75. The Bertz CT molecular complexity index is 1060. The summed E-state index contributed by atoms with van der Waals surface area (Å²) in [7, 11) is 0. The molecule has 9 heteroatoms. The SMILES string of the molecule is CC1(C)Cc2nc(N3CCOc4cc(C(=O)NCCN5CCCCC5)ccc43)sc2C(=O)N1. The van der Waals surface area contributed by atoms with E-state index in [1.165, 1.54) is 30.6 Å². The molecule has 0 bridgehead atoms. The van der Waals surface area contributed by atoms with Crippen molar-refractivity contribution < 1.29 is 14.3 Å². The number of hydrogen-bond acceptors (Lipinski definition) is 7. The number of nitrogens with zero attached hydrogens (tertiary/aromatic N) is 3. The molecule has 0 spiro atoms. The number of fused-ring (bicyclic) bond motifs is 2. The van der Waals surface area contributed by atoms with Gasteiger partial charge >= 0.3 is 0 Å². The molecule has 1 saturated heterocycles. The van der Waals surface area contributed by atoms with Crippen molar-refractivity contribution in [3.63, 3.8) is 0 Å². The zero-order chi connectivity index (χ0) is 23.0. The molecule has 0 radical (unpaired) electrons. The summed E-state index contributed by atoms with van der Waals surface area (Å²) < 4.78 is 5.89. The van der Waals surface area contributed by atoms with Crippen molar-refractivity contribution in [2.45, 2.75) is 45.1 Å². The number of piperidine rings is 1. The maximum atomic E-state index is 12.7. The number of ether oxygens (including phenoxy) is 1. The summed E-state index contributed by atoms with van der Waals surface area (Å²) in [4.78, 5) is 35.2. The zero-order valence-electron chi connectivity index (χ0n) is 19.3. The lowest BCUT2D eigenvalue weighted by molar-refractivity contribution is 0.0899. The lowest BCUT2D eigenvalue weighted by Crippen LogP contribution is -2.48. The second-order valence-corrected chi connectivity index (χ2v) is 10.6. The highest BCUT2D eigenvalue weighted by Gasteiger charge is 2.34. The van der Waals surface area contributed by atoms with Crippen LogP contribution in [-0.2, 0) is 6.42 Å². The van der Waals surface area contributed by atoms with Gasteiger partial charge in [0.25, 0.3) is 11.8 Å². The smallest absolute Gasteiger partial charge is 0.263 e. The number of carbonyl (C=O) groups is 2. The van der Waals surface area contributed by atoms with Gasteiger partial charge in [0.15, 0.2) is 5.13 Å². The number of hydrogen-bond donors (Lipinski definition) is 2. The van der Waals surface area contributed by atoms with Crippen LogP contribution in [0.15, 0.2) is 18.2 Å². The van der Waals surface area contributed by atoms with Crippen LogP contribution in [0.25, 0.3) is 0 Å². The van der Waals surface area contributed by atoms with Crippen LogP contribution in [-0.4, -0.2) is 66.6 Å². The number of anilines is 2. The Labute approximate surface area is 198 Å². The number of amides is 2. The summed E-state index contributed by atoms with van der Waals surface area (Å²) in [5.74, 6) is 0.525. The summed E-state index contributed by atoms with van der Waals surface area (Å²) in [5, 5.41) is 6.87. The minimum atomic E-state index is -0.297. The third-order valence-electron chi connectivity index (χ3n) is 6.43. The molecule has 2 N–H and O–H groups in total. The van der Waals surface area contributed by atoms with E-state index < -0.39 is 0 Å². The first-order chi connectivity index (χ1) is 15.9. The first-order valence-corrected chi connectivity index (χ1v) is 12.6. The lowest BCUT2D eigenvalue weighted by Gasteiger charge is -2.29. The molecular formula is C24H31N5O3S. The normalized spacial score (nSPS) is 19.8. The van der Waals surface area contributed by atoms with Gasteiger partial charge in [-0.05, 0) is 58.0 Å². The Morgan fingerprint density at radius 1 is 1.24 bits per heavy atom. The molecule has 1 aromatic carbocycles. The van der Waals surface area contributed by atoms with E-state index in [9.17, 15) is 9.59 Å². The fraction of sp³-hybridized carbons (Fsp3) is 0.542. The van der Waals surface area contributed by atoms with Crippen molar-refractivity contribution in [3.8, 4) is 5.75 Å². The van der Waals surface area contributed by atoms with E-state index in [4.69, 9.17) is 9.72 Å². The van der Waals surface area contributed by atoms with Gasteiger partial charge in [-0.25, -0.2) is 4.98 Å². The van der Waals surface area contributed by atoms with Crippen LogP contribution >= 0.6 is 11.3 Å². The Morgan fingerprint density at radius 3 is 2.88 bits per heavy atom. The van der Waals surface area contributed by atoms with E-state index in [1.807, 2.05) is 26.0 Å². The summed E-state index contributed by atoms with van der Waals surface area (Å²) >= 11 is 1.41. The van der Waals surface area contributed by atoms with Crippen molar-refractivity contribution in [3.05, 3.63) is 34.3 Å². The average Bonchev–Trinajstić information content (AvgIpc) is 3.22. The van der Waals surface area contributed by atoms with Crippen molar-refractivity contribution in [2.75, 3.05) is 44.2 Å². The van der Waals surface area contributed by atoms with Crippen molar-refractivity contribution in [1.82, 2.24) is 20.5 Å². The van der Waals surface area contributed by atoms with Crippen LogP contribution < -0.4 is 20.3 Å². The number of nitrogens with one attached hydrogen (secondary N) is 2. The second kappa shape index (κ2) is 8.95. The lowest BCUT2D eigenvalue weighted by atomic mass is 9.94. The number of benzene rings is 1. The molecule has 8 nitrogen and oxygen atoms in total. The highest BCUT2D eigenvalue weighted by atomic mass is 32.1. The third kappa shape index (κ3) is 4.70. The topological polar surface area (TPSA) is 86.8 Å². The van der Waals surface area contributed by atoms with E-state index >= 15 is 0 Å². The summed E-state index contributed by atoms with van der Waals surface area (Å²) in [6.45, 7) is 8.94. The first-order valence-electron chi connectivity index (χ1n) is 11.8. The van der Waals surface area contributed by atoms with Crippen LogP contribution in [0, 0.1) is 0 Å². The van der Waals surface area contributed by atoms with E-state index in [0.29, 0.717) is 42.3 Å². The summed E-state index contributed by atoms with van der Waals surface area (Å²) in [6, 6.07) is 5.56. The van der Waals surface area contributed by atoms with E-state index in [2.05, 4.69) is 20.4 Å². The van der Waals surface area contributed by atoms with Gasteiger partial charge in [0.2, 0.25) is 0 Å². The van der Waals surface area contributed by atoms with Gasteiger partial charge in [-0.2, -0.15) is 0 Å². The molecule has 3 aliphatic heterocycles. The molecule has 0 atom stereocenters. The van der Waals surface area contributed by atoms with E-state index in [1.54, 1.807) is 6.07 Å². The predicted molar refractivity (Wildman–Crippen MR) is 129 cm³/mol. The summed E-state index contributed by atoms with van der Waals surface area (Å²) in [5.41, 5.74) is 2.02. The molecule has 5 rings (SSSR count). The Hall–Kier alpha value is -2.65. The first kappa shape index (κ1) is 22.2. The van der Waals surface area contributed by atoms with Gasteiger partial charge in [0, 0.05) is 30.6 Å². The highest BCUT2D eigenvalue weighted by molar-refractivity contribution is 7.17. The number of rotatable bonds is 5. The Kier molecular flexibility index (Phi) is 6.01. The minimum Gasteiger partial charge on any atom is -0.490 e. The maximum absolute atomic E-state index is 12.7. The molecule has 176 valence electrons. The molecule has 33 heavy (non-hydrogen) atoms. The van der Waals surface area contributed by atoms with Crippen LogP contribution in [0.1, 0.15) is 58.8 Å². The average molecular weight is 470 g/mol. The highest BCUT2D eigenvalue weighted by Crippen LogP contribution is 2.41. The molecule has 1 aromatic heterocycles. The maximum Gasteiger partial charge on any atom is 0.263 e. The standard InChI is InChI=1S/C24H31N5O3S/c1-24(2)15-17-20(22(31)27-24)33-23(26-17)29-12-13-32-19-14-16(6-7-18(19)29)21(30)25-8-11-28-9-4-3-5-10-28/h6-7,14H,3-5,8-13,15H2,1-2H3,(H,25,30)(H,27,31). The zero-order valence-corrected chi connectivity index (χ0v) is 20.1. The van der Waals surface area contributed by atoms with Gasteiger partial charge in [0.1, 0.15) is 17.2 Å². The van der Waals surface area contributed by atoms with Gasteiger partial charge < -0.3 is 25.2 Å². The molecule has 4 heterocycles. The van der Waals surface area contributed by atoms with E-state index in [0.717, 1.165) is 36.1 Å². The van der Waals surface area contributed by atoms with Gasteiger partial charge in [-0.3, -0.25) is 9.59 Å². The fourth-order valence-corrected chi connectivity index (χ4v) is 5.77. The molecular weight excluding hydrogens is 438 g/mol. The van der Waals surface area contributed by atoms with Crippen LogP contribution in [0.2, 0.25) is 0 Å². The Balaban J connectivity index is 1.29. The molecule has 1 fully saturated rings. The molecule has 3 aliphatic rings. The molecule has 0 unspecified atom stereocenters. The van der Waals surface area contributed by atoms with E-state index in [-0.39, 0.29) is 17.4 Å². The monoisotopic (exact) mass is 469 g/mol. The molecule has 2 aromatic rings. The van der Waals surface area contributed by atoms with Gasteiger partial charge in [-0.15, -0.1) is 0 Å². The van der Waals surface area contributed by atoms with Gasteiger partial charge in [0.05, 0.1) is 17.9 Å². The number of aromatic nitrogens is 1. The number of thiazole rings is 1. The van der Waals surface area contributed by atoms with Crippen LogP contribution in [0.3, 0.4) is 0 Å². The number of likely N-dealkylation sites (tertiary alicyclic amines) is 1. The molecule has 2 amide bonds. The summed E-state index contributed by atoms with van der Waals surface area (Å²) in [6.07, 6.45) is 4.51. The van der Waals surface area contributed by atoms with Crippen molar-refractivity contribution >= 4 is 34.0 Å². The van der Waals surface area contributed by atoms with Crippen LogP contribution in [0.4, 0.5) is 10.8 Å². The predicted octanol–water partition coefficient (Wildman–Crippen LogP) is 2.95. The second-order valence-electron chi connectivity index (χ2n) is 9.63. The Morgan fingerprint density at radius 2 is 2.06 bits per heavy atom. The van der Waals surface area contributed by atoms with Crippen molar-refractivity contribution in [2.24, 2.45) is 0 Å². The minimum absolute atomic E-state index is 0.0601. The van der Waals surface area contributed by atoms with Gasteiger partial charge in [-0.1, -0.05) is 17.8 Å². The molecule has 0 aliphatic carbocycles. The molecule has 0 saturated carbocycles. The quantitative estimate of drug-likeness (QED) is 0.700. The largest absolute Gasteiger partial charge is 0.490 e. The van der Waals surface area contributed by atoms with Crippen molar-refractivity contribution in [1.29, 1.82) is 0 Å². The number of carbonyl (C=O) groups excluding carboxylic acids is 2. The van der Waals surface area contributed by atoms with Crippen LogP contribution in [0.5, 0.6) is 5.75 Å². The third-order valence-corrected chi connectivity index (χ3v) is 7.55.